The van der Waals surface area contributed by atoms with Crippen LogP contribution in [0.1, 0.15) is 21.5 Å². The summed E-state index contributed by atoms with van der Waals surface area (Å²) in [5, 5.41) is 2.27. The molecule has 0 aliphatic carbocycles. The lowest BCUT2D eigenvalue weighted by Gasteiger charge is -2.14. The number of rotatable bonds is 7. The lowest BCUT2D eigenvalue weighted by Crippen LogP contribution is -2.23. The number of amides is 1. The maximum Gasteiger partial charge on any atom is 0.416 e. The minimum Gasteiger partial charge on any atom is -0.493 e. The number of hydrogen-bond acceptors (Lipinski definition) is 7. The van der Waals surface area contributed by atoms with Gasteiger partial charge in [0.1, 0.15) is 12.1 Å². The molecule has 1 amide bonds. The van der Waals surface area contributed by atoms with E-state index < -0.39 is 40.9 Å². The highest BCUT2D eigenvalue weighted by Gasteiger charge is 2.37. The number of methoxy groups -OCH3 is 2. The first-order valence-corrected chi connectivity index (χ1v) is 11.1. The average Bonchev–Trinajstić information content (AvgIpc) is 2.91. The Bertz CT molecular complexity index is 1560. The lowest BCUT2D eigenvalue weighted by atomic mass is 10.1. The largest absolute Gasteiger partial charge is 0.493 e. The number of carbonyl (C=O) groups excluding carboxylic acids is 2. The lowest BCUT2D eigenvalue weighted by molar-refractivity contribution is -0.143. The number of anilines is 1. The summed E-state index contributed by atoms with van der Waals surface area (Å²) in [6.45, 7) is 0. The zero-order valence-electron chi connectivity index (χ0n) is 20.5. The third-order valence-corrected chi connectivity index (χ3v) is 5.49. The zero-order chi connectivity index (χ0) is 29.2. The fourth-order valence-electron chi connectivity index (χ4n) is 3.57. The van der Waals surface area contributed by atoms with Crippen molar-refractivity contribution >= 4 is 28.3 Å². The molecule has 3 aromatic carbocycles. The normalized spacial score (nSPS) is 11.7. The van der Waals surface area contributed by atoms with Crippen LogP contribution in [-0.2, 0) is 17.1 Å². The van der Waals surface area contributed by atoms with E-state index in [4.69, 9.17) is 14.2 Å². The van der Waals surface area contributed by atoms with Crippen LogP contribution in [0.5, 0.6) is 23.1 Å². The molecule has 0 unspecified atom stereocenters. The predicted octanol–water partition coefficient (Wildman–Crippen LogP) is 6.30. The van der Waals surface area contributed by atoms with Crippen molar-refractivity contribution in [1.82, 2.24) is 9.97 Å². The summed E-state index contributed by atoms with van der Waals surface area (Å²) in [6, 6.07) is 8.75. The van der Waals surface area contributed by atoms with Gasteiger partial charge in [-0.3, -0.25) is 9.59 Å². The van der Waals surface area contributed by atoms with Crippen LogP contribution in [0.3, 0.4) is 0 Å². The molecule has 0 saturated heterocycles. The van der Waals surface area contributed by atoms with Crippen LogP contribution in [-0.4, -0.2) is 35.9 Å². The molecular weight excluding hydrogens is 548 g/mol. The fourth-order valence-corrected chi connectivity index (χ4v) is 3.57. The molecule has 1 aromatic heterocycles. The molecule has 4 rings (SSSR count). The van der Waals surface area contributed by atoms with Crippen LogP contribution in [0.25, 0.3) is 10.9 Å². The van der Waals surface area contributed by atoms with Crippen molar-refractivity contribution in [3.05, 3.63) is 77.6 Å². The first kappa shape index (κ1) is 28.1. The molecule has 14 heteroatoms. The molecule has 0 aliphatic heterocycles. The van der Waals surface area contributed by atoms with Crippen LogP contribution in [0, 0.1) is 0 Å². The van der Waals surface area contributed by atoms with Crippen molar-refractivity contribution in [3.63, 3.8) is 0 Å². The van der Waals surface area contributed by atoms with E-state index in [1.54, 1.807) is 17.4 Å². The Morgan fingerprint density at radius 1 is 0.775 bits per heavy atom. The van der Waals surface area contributed by atoms with Gasteiger partial charge < -0.3 is 19.5 Å². The van der Waals surface area contributed by atoms with Crippen molar-refractivity contribution < 1.29 is 50.1 Å². The quantitative estimate of drug-likeness (QED) is 0.160. The van der Waals surface area contributed by atoms with E-state index in [1.807, 2.05) is 0 Å². The van der Waals surface area contributed by atoms with Gasteiger partial charge in [-0.1, -0.05) is 0 Å². The van der Waals surface area contributed by atoms with E-state index in [1.165, 1.54) is 44.8 Å². The number of ether oxygens (including phenoxy) is 3. The Labute approximate surface area is 221 Å². The highest BCUT2D eigenvalue weighted by Crippen LogP contribution is 2.38. The summed E-state index contributed by atoms with van der Waals surface area (Å²) < 4.78 is 94.7. The summed E-state index contributed by atoms with van der Waals surface area (Å²) in [5.41, 5.74) is -3.84. The number of Topliss-reactive ketones (excluding diaryl/α,β-unsaturated/α-hetero) is 1. The first-order valence-electron chi connectivity index (χ1n) is 11.1. The van der Waals surface area contributed by atoms with E-state index >= 15 is 0 Å². The van der Waals surface area contributed by atoms with Gasteiger partial charge in [-0.05, 0) is 48.5 Å². The summed E-state index contributed by atoms with van der Waals surface area (Å²) in [4.78, 5) is 33.2. The number of ketones is 1. The predicted molar refractivity (Wildman–Crippen MR) is 129 cm³/mol. The molecule has 0 fully saturated rings. The smallest absolute Gasteiger partial charge is 0.416 e. The van der Waals surface area contributed by atoms with Crippen LogP contribution >= 0.6 is 0 Å². The van der Waals surface area contributed by atoms with Crippen molar-refractivity contribution in [2.75, 3.05) is 19.5 Å². The van der Waals surface area contributed by atoms with E-state index in [-0.39, 0.29) is 23.3 Å². The number of aromatic nitrogens is 2. The molecule has 40 heavy (non-hydrogen) atoms. The van der Waals surface area contributed by atoms with Gasteiger partial charge in [0.25, 0.3) is 11.7 Å². The van der Waals surface area contributed by atoms with Gasteiger partial charge in [-0.25, -0.2) is 9.97 Å². The highest BCUT2D eigenvalue weighted by atomic mass is 19.4. The minimum atomic E-state index is -5.12. The van der Waals surface area contributed by atoms with Crippen LogP contribution in [0.2, 0.25) is 0 Å². The number of benzene rings is 3. The van der Waals surface area contributed by atoms with Gasteiger partial charge in [0.05, 0.1) is 36.2 Å². The molecule has 0 saturated carbocycles. The van der Waals surface area contributed by atoms with Crippen molar-refractivity contribution in [2.24, 2.45) is 0 Å². The Kier molecular flexibility index (Phi) is 7.53. The van der Waals surface area contributed by atoms with Gasteiger partial charge in [0, 0.05) is 17.3 Å². The number of halogens is 6. The maximum absolute atomic E-state index is 13.1. The molecule has 1 heterocycles. The molecule has 0 bridgehead atoms. The summed E-state index contributed by atoms with van der Waals surface area (Å²) >= 11 is 0. The molecule has 4 aromatic rings. The van der Waals surface area contributed by atoms with Crippen LogP contribution < -0.4 is 19.5 Å². The molecule has 0 radical (unpaired) electrons. The van der Waals surface area contributed by atoms with E-state index in [2.05, 4.69) is 9.97 Å². The highest BCUT2D eigenvalue weighted by molar-refractivity contribution is 6.46. The third kappa shape index (κ3) is 6.06. The zero-order valence-corrected chi connectivity index (χ0v) is 20.5. The van der Waals surface area contributed by atoms with Gasteiger partial charge in [-0.2, -0.15) is 26.3 Å². The molecule has 1 N–H and O–H groups in total. The standard InChI is InChI=1S/C26H17F6N3O5/c1-38-20-10-18-19(11-21(20)39-2)33-12-34-24(18)40-17-5-3-13(4-6-17)22(36)23(37)35-16-8-14(25(27,28)29)7-15(9-16)26(30,31)32/h3-12H,1-2H3,(H,35,37). The average molecular weight is 565 g/mol. The number of alkyl halides is 6. The topological polar surface area (TPSA) is 99.6 Å². The fraction of sp³-hybridized carbons (Fsp3) is 0.154. The number of fused-ring (bicyclic) bond motifs is 1. The molecular formula is C26H17F6N3O5. The summed E-state index contributed by atoms with van der Waals surface area (Å²) in [7, 11) is 2.91. The first-order chi connectivity index (χ1) is 18.8. The molecule has 208 valence electrons. The number of nitrogens with zero attached hydrogens (tertiary/aromatic N) is 2. The van der Waals surface area contributed by atoms with Crippen LogP contribution in [0.4, 0.5) is 32.0 Å². The van der Waals surface area contributed by atoms with Gasteiger partial charge in [0.2, 0.25) is 5.88 Å². The Balaban J connectivity index is 1.53. The SMILES string of the molecule is COc1cc2ncnc(Oc3ccc(C(=O)C(=O)Nc4cc(C(F)(F)F)cc(C(F)(F)F)c4)cc3)c2cc1OC. The Morgan fingerprint density at radius 3 is 1.90 bits per heavy atom. The van der Waals surface area contributed by atoms with Crippen molar-refractivity contribution in [2.45, 2.75) is 12.4 Å². The number of carbonyl (C=O) groups is 2. The minimum absolute atomic E-state index is 0.0936. The summed E-state index contributed by atoms with van der Waals surface area (Å²) in [6.07, 6.45) is -8.98. The van der Waals surface area contributed by atoms with Crippen molar-refractivity contribution in [1.29, 1.82) is 0 Å². The Morgan fingerprint density at radius 2 is 1.35 bits per heavy atom. The van der Waals surface area contributed by atoms with E-state index in [0.29, 0.717) is 34.5 Å². The van der Waals surface area contributed by atoms with Crippen LogP contribution in [0.15, 0.2) is 60.9 Å². The second-order valence-corrected chi connectivity index (χ2v) is 8.11. The third-order valence-electron chi connectivity index (χ3n) is 5.49. The van der Waals surface area contributed by atoms with Gasteiger partial charge >= 0.3 is 12.4 Å². The maximum atomic E-state index is 13.1. The van der Waals surface area contributed by atoms with Gasteiger partial charge in [0.15, 0.2) is 11.5 Å². The summed E-state index contributed by atoms with van der Waals surface area (Å²) in [5.74, 6) is -1.50. The van der Waals surface area contributed by atoms with Crippen molar-refractivity contribution in [3.8, 4) is 23.1 Å². The molecule has 0 atom stereocenters. The van der Waals surface area contributed by atoms with E-state index in [0.717, 1.165) is 0 Å². The molecule has 0 spiro atoms. The second kappa shape index (κ2) is 10.7. The monoisotopic (exact) mass is 565 g/mol. The van der Waals surface area contributed by atoms with E-state index in [9.17, 15) is 35.9 Å². The molecule has 0 aliphatic rings. The number of hydrogen-bond donors (Lipinski definition) is 1. The van der Waals surface area contributed by atoms with Gasteiger partial charge in [-0.15, -0.1) is 0 Å². The second-order valence-electron chi connectivity index (χ2n) is 8.11. The number of nitrogens with one attached hydrogen (secondary N) is 1. The molecule has 8 nitrogen and oxygen atoms in total. The Hall–Kier alpha value is -4.88.